The molecule has 0 aromatic rings. The number of aliphatic hydroxyl groups is 1. The Hall–Kier alpha value is -0.870. The molecule has 4 heteroatoms. The summed E-state index contributed by atoms with van der Waals surface area (Å²) in [6.45, 7) is 6.21. The van der Waals surface area contributed by atoms with Crippen molar-refractivity contribution in [3.63, 3.8) is 0 Å². The van der Waals surface area contributed by atoms with Gasteiger partial charge in [-0.1, -0.05) is 25.8 Å². The molecule has 0 amide bonds. The second-order valence-corrected chi connectivity index (χ2v) is 4.52. The van der Waals surface area contributed by atoms with Crippen LogP contribution in [0.3, 0.4) is 0 Å². The smallest absolute Gasteiger partial charge is 0.334 e. The summed E-state index contributed by atoms with van der Waals surface area (Å²) in [4.78, 5) is 11.3. The highest BCUT2D eigenvalue weighted by Gasteiger charge is 2.21. The van der Waals surface area contributed by atoms with E-state index in [-0.39, 0.29) is 18.1 Å². The lowest BCUT2D eigenvalue weighted by Gasteiger charge is -2.22. The number of carbonyl (C=O) groups is 1. The Kier molecular flexibility index (Phi) is 6.22. The molecular formula is C13H23NO3. The van der Waals surface area contributed by atoms with E-state index in [0.717, 1.165) is 25.7 Å². The van der Waals surface area contributed by atoms with E-state index < -0.39 is 0 Å². The molecule has 1 aliphatic rings. The zero-order valence-corrected chi connectivity index (χ0v) is 10.6. The molecule has 0 saturated heterocycles. The molecule has 1 aliphatic carbocycles. The number of esters is 1. The van der Waals surface area contributed by atoms with Crippen molar-refractivity contribution in [3.8, 4) is 0 Å². The molecule has 0 radical (unpaired) electrons. The van der Waals surface area contributed by atoms with Gasteiger partial charge in [0.2, 0.25) is 0 Å². The Morgan fingerprint density at radius 2 is 2.12 bits per heavy atom. The highest BCUT2D eigenvalue weighted by Crippen LogP contribution is 2.18. The lowest BCUT2D eigenvalue weighted by molar-refractivity contribution is -0.138. The highest BCUT2D eigenvalue weighted by atomic mass is 16.5. The molecular weight excluding hydrogens is 218 g/mol. The minimum Gasteiger partial charge on any atom is -0.463 e. The van der Waals surface area contributed by atoms with E-state index in [1.54, 1.807) is 6.92 Å². The fourth-order valence-electron chi connectivity index (χ4n) is 2.09. The van der Waals surface area contributed by atoms with Crippen molar-refractivity contribution in [1.29, 1.82) is 0 Å². The normalized spacial score (nSPS) is 25.1. The standard InChI is InChI=1S/C13H23NO3/c1-3-17-13(16)10(2)9-14-11-7-5-4-6-8-12(11)15/h11-12,14-15H,2-9H2,1H3. The van der Waals surface area contributed by atoms with Crippen molar-refractivity contribution in [3.05, 3.63) is 12.2 Å². The molecule has 1 fully saturated rings. The molecule has 0 aliphatic heterocycles. The zero-order valence-electron chi connectivity index (χ0n) is 10.6. The number of aliphatic hydroxyl groups excluding tert-OH is 1. The Morgan fingerprint density at radius 1 is 1.41 bits per heavy atom. The third-order valence-electron chi connectivity index (χ3n) is 3.12. The van der Waals surface area contributed by atoms with Gasteiger partial charge in [-0.2, -0.15) is 0 Å². The monoisotopic (exact) mass is 241 g/mol. The van der Waals surface area contributed by atoms with Gasteiger partial charge >= 0.3 is 5.97 Å². The molecule has 0 heterocycles. The summed E-state index contributed by atoms with van der Waals surface area (Å²) < 4.78 is 4.85. The quantitative estimate of drug-likeness (QED) is 0.434. The van der Waals surface area contributed by atoms with Gasteiger partial charge in [0.25, 0.3) is 0 Å². The van der Waals surface area contributed by atoms with Crippen molar-refractivity contribution >= 4 is 5.97 Å². The van der Waals surface area contributed by atoms with E-state index in [2.05, 4.69) is 11.9 Å². The van der Waals surface area contributed by atoms with Gasteiger partial charge in [0.15, 0.2) is 0 Å². The van der Waals surface area contributed by atoms with Crippen LogP contribution in [0.15, 0.2) is 12.2 Å². The summed E-state index contributed by atoms with van der Waals surface area (Å²) in [5, 5.41) is 13.1. The highest BCUT2D eigenvalue weighted by molar-refractivity contribution is 5.88. The average Bonchev–Trinajstić information content (AvgIpc) is 2.51. The van der Waals surface area contributed by atoms with E-state index in [1.807, 2.05) is 0 Å². The Morgan fingerprint density at radius 3 is 2.82 bits per heavy atom. The first-order valence-electron chi connectivity index (χ1n) is 6.41. The van der Waals surface area contributed by atoms with E-state index in [1.165, 1.54) is 6.42 Å². The van der Waals surface area contributed by atoms with Crippen molar-refractivity contribution in [2.75, 3.05) is 13.2 Å². The lowest BCUT2D eigenvalue weighted by atomic mass is 10.1. The Bertz CT molecular complexity index is 265. The lowest BCUT2D eigenvalue weighted by Crippen LogP contribution is -2.40. The molecule has 4 nitrogen and oxygen atoms in total. The second-order valence-electron chi connectivity index (χ2n) is 4.52. The minimum atomic E-state index is -0.358. The van der Waals surface area contributed by atoms with Crippen LogP contribution in [0.25, 0.3) is 0 Å². The molecule has 1 saturated carbocycles. The summed E-state index contributed by atoms with van der Waals surface area (Å²) >= 11 is 0. The van der Waals surface area contributed by atoms with Gasteiger partial charge in [0.1, 0.15) is 0 Å². The van der Waals surface area contributed by atoms with E-state index in [9.17, 15) is 9.90 Å². The molecule has 98 valence electrons. The summed E-state index contributed by atoms with van der Waals surface area (Å²) in [5.74, 6) is -0.358. The van der Waals surface area contributed by atoms with Gasteiger partial charge in [-0.05, 0) is 19.8 Å². The first-order valence-corrected chi connectivity index (χ1v) is 6.41. The van der Waals surface area contributed by atoms with Gasteiger partial charge in [0.05, 0.1) is 12.7 Å². The molecule has 17 heavy (non-hydrogen) atoms. The summed E-state index contributed by atoms with van der Waals surface area (Å²) in [6.07, 6.45) is 4.86. The van der Waals surface area contributed by atoms with Crippen molar-refractivity contribution < 1.29 is 14.6 Å². The van der Waals surface area contributed by atoms with Crippen molar-refractivity contribution in [1.82, 2.24) is 5.32 Å². The number of nitrogens with one attached hydrogen (secondary N) is 1. The Balaban J connectivity index is 2.33. The fraction of sp³-hybridized carbons (Fsp3) is 0.769. The van der Waals surface area contributed by atoms with Crippen LogP contribution in [0.4, 0.5) is 0 Å². The molecule has 0 aromatic carbocycles. The molecule has 2 atom stereocenters. The third-order valence-corrected chi connectivity index (χ3v) is 3.12. The van der Waals surface area contributed by atoms with Crippen molar-refractivity contribution in [2.24, 2.45) is 0 Å². The molecule has 0 spiro atoms. The van der Waals surface area contributed by atoms with Crippen LogP contribution in [-0.2, 0) is 9.53 Å². The zero-order chi connectivity index (χ0) is 12.7. The first-order chi connectivity index (χ1) is 8.15. The summed E-state index contributed by atoms with van der Waals surface area (Å²) in [5.41, 5.74) is 0.420. The number of hydrogen-bond acceptors (Lipinski definition) is 4. The summed E-state index contributed by atoms with van der Waals surface area (Å²) in [6, 6.07) is 0.0728. The maximum absolute atomic E-state index is 11.3. The van der Waals surface area contributed by atoms with Gasteiger partial charge in [-0.3, -0.25) is 0 Å². The third kappa shape index (κ3) is 4.88. The first kappa shape index (κ1) is 14.2. The molecule has 2 N–H and O–H groups in total. The summed E-state index contributed by atoms with van der Waals surface area (Å²) in [7, 11) is 0. The molecule has 1 rings (SSSR count). The molecule has 2 unspecified atom stereocenters. The van der Waals surface area contributed by atoms with Crippen LogP contribution < -0.4 is 5.32 Å². The van der Waals surface area contributed by atoms with E-state index in [0.29, 0.717) is 18.7 Å². The largest absolute Gasteiger partial charge is 0.463 e. The molecule has 0 bridgehead atoms. The van der Waals surface area contributed by atoms with Crippen LogP contribution in [0.1, 0.15) is 39.0 Å². The number of hydrogen-bond donors (Lipinski definition) is 2. The maximum Gasteiger partial charge on any atom is 0.334 e. The van der Waals surface area contributed by atoms with Crippen LogP contribution in [0, 0.1) is 0 Å². The van der Waals surface area contributed by atoms with Crippen LogP contribution in [0.2, 0.25) is 0 Å². The number of carbonyl (C=O) groups excluding carboxylic acids is 1. The minimum absolute atomic E-state index is 0.0728. The molecule has 0 aromatic heterocycles. The van der Waals surface area contributed by atoms with E-state index >= 15 is 0 Å². The predicted molar refractivity (Wildman–Crippen MR) is 66.7 cm³/mol. The number of rotatable bonds is 5. The fourth-order valence-corrected chi connectivity index (χ4v) is 2.09. The maximum atomic E-state index is 11.3. The average molecular weight is 241 g/mol. The second kappa shape index (κ2) is 7.45. The van der Waals surface area contributed by atoms with Gasteiger partial charge < -0.3 is 15.2 Å². The van der Waals surface area contributed by atoms with Gasteiger partial charge in [-0.25, -0.2) is 4.79 Å². The van der Waals surface area contributed by atoms with E-state index in [4.69, 9.17) is 4.74 Å². The predicted octanol–water partition coefficient (Wildman–Crippen LogP) is 1.39. The van der Waals surface area contributed by atoms with Gasteiger partial charge in [0, 0.05) is 18.2 Å². The van der Waals surface area contributed by atoms with Crippen LogP contribution >= 0.6 is 0 Å². The van der Waals surface area contributed by atoms with Crippen molar-refractivity contribution in [2.45, 2.75) is 51.2 Å². The Labute approximate surface area is 103 Å². The SMILES string of the molecule is C=C(CNC1CCCCCC1O)C(=O)OCC. The number of ether oxygens (including phenoxy) is 1. The van der Waals surface area contributed by atoms with Gasteiger partial charge in [-0.15, -0.1) is 0 Å². The van der Waals surface area contributed by atoms with Crippen LogP contribution in [-0.4, -0.2) is 36.4 Å². The van der Waals surface area contributed by atoms with Crippen LogP contribution in [0.5, 0.6) is 0 Å². The topological polar surface area (TPSA) is 58.6 Å².